The number of amides is 1. The van der Waals surface area contributed by atoms with E-state index < -0.39 is 11.4 Å². The van der Waals surface area contributed by atoms with Crippen molar-refractivity contribution < 1.29 is 14.7 Å². The van der Waals surface area contributed by atoms with E-state index >= 15 is 0 Å². The monoisotopic (exact) mass is 281 g/mol. The number of carbonyl (C=O) groups excluding carboxylic acids is 1. The molecule has 4 heteroatoms. The van der Waals surface area contributed by atoms with Crippen LogP contribution in [0.3, 0.4) is 0 Å². The van der Waals surface area contributed by atoms with Crippen molar-refractivity contribution in [3.05, 3.63) is 0 Å². The summed E-state index contributed by atoms with van der Waals surface area (Å²) in [6, 6.07) is 0. The molecule has 0 aliphatic heterocycles. The van der Waals surface area contributed by atoms with Gasteiger partial charge >= 0.3 is 5.97 Å². The molecule has 0 atom stereocenters. The summed E-state index contributed by atoms with van der Waals surface area (Å²) < 4.78 is 0. The van der Waals surface area contributed by atoms with E-state index in [1.165, 1.54) is 12.8 Å². The molecule has 2 aliphatic rings. The lowest BCUT2D eigenvalue weighted by atomic mass is 9.71. The molecule has 2 aliphatic carbocycles. The number of carboxylic acid groups (broad SMARTS) is 1. The lowest BCUT2D eigenvalue weighted by Gasteiger charge is -2.33. The number of carbonyl (C=O) groups is 2. The minimum atomic E-state index is -0.807. The first kappa shape index (κ1) is 15.3. The SMILES string of the molecule is CC1(CNC(=O)CC2(C(=O)O)CCCCC2)CCCC1. The Bertz CT molecular complexity index is 366. The fraction of sp³-hybridized carbons (Fsp3) is 0.875. The van der Waals surface area contributed by atoms with Crippen LogP contribution in [-0.2, 0) is 9.59 Å². The van der Waals surface area contributed by atoms with Crippen molar-refractivity contribution in [2.24, 2.45) is 10.8 Å². The number of aliphatic carboxylic acids is 1. The Morgan fingerprint density at radius 2 is 1.55 bits per heavy atom. The van der Waals surface area contributed by atoms with E-state index in [0.29, 0.717) is 19.4 Å². The second-order valence-electron chi connectivity index (χ2n) is 7.12. The van der Waals surface area contributed by atoms with Crippen molar-refractivity contribution in [1.29, 1.82) is 0 Å². The predicted octanol–water partition coefficient (Wildman–Crippen LogP) is 3.11. The van der Waals surface area contributed by atoms with Crippen molar-refractivity contribution >= 4 is 11.9 Å². The summed E-state index contributed by atoms with van der Waals surface area (Å²) in [5.41, 5.74) is -0.586. The van der Waals surface area contributed by atoms with Gasteiger partial charge in [-0.25, -0.2) is 0 Å². The molecule has 114 valence electrons. The van der Waals surface area contributed by atoms with E-state index in [2.05, 4.69) is 12.2 Å². The summed E-state index contributed by atoms with van der Waals surface area (Å²) in [5.74, 6) is -0.873. The van der Waals surface area contributed by atoms with Crippen LogP contribution in [0.5, 0.6) is 0 Å². The molecule has 0 aromatic heterocycles. The first-order chi connectivity index (χ1) is 9.46. The molecular formula is C16H27NO3. The average Bonchev–Trinajstić information content (AvgIpc) is 2.85. The number of carboxylic acids is 1. The first-order valence-electron chi connectivity index (χ1n) is 7.96. The van der Waals surface area contributed by atoms with Gasteiger partial charge in [0.25, 0.3) is 0 Å². The van der Waals surface area contributed by atoms with Gasteiger partial charge < -0.3 is 10.4 Å². The van der Waals surface area contributed by atoms with Crippen molar-refractivity contribution in [3.63, 3.8) is 0 Å². The van der Waals surface area contributed by atoms with E-state index in [-0.39, 0.29) is 17.7 Å². The summed E-state index contributed by atoms with van der Waals surface area (Å²) in [4.78, 5) is 23.7. The first-order valence-corrected chi connectivity index (χ1v) is 7.96. The lowest BCUT2D eigenvalue weighted by Crippen LogP contribution is -2.41. The summed E-state index contributed by atoms with van der Waals surface area (Å²) >= 11 is 0. The van der Waals surface area contributed by atoms with Crippen molar-refractivity contribution in [2.75, 3.05) is 6.54 Å². The highest BCUT2D eigenvalue weighted by atomic mass is 16.4. The summed E-state index contributed by atoms with van der Waals surface area (Å²) in [5, 5.41) is 12.5. The van der Waals surface area contributed by atoms with Gasteiger partial charge in [-0.1, -0.05) is 39.0 Å². The quantitative estimate of drug-likeness (QED) is 0.813. The molecule has 1 amide bonds. The van der Waals surface area contributed by atoms with Crippen LogP contribution in [0.15, 0.2) is 0 Å². The Morgan fingerprint density at radius 3 is 2.10 bits per heavy atom. The molecule has 0 saturated heterocycles. The molecular weight excluding hydrogens is 254 g/mol. The molecule has 2 N–H and O–H groups in total. The zero-order valence-corrected chi connectivity index (χ0v) is 12.5. The van der Waals surface area contributed by atoms with Gasteiger partial charge in [0.2, 0.25) is 5.91 Å². The highest BCUT2D eigenvalue weighted by Gasteiger charge is 2.41. The Hall–Kier alpha value is -1.06. The van der Waals surface area contributed by atoms with Crippen LogP contribution >= 0.6 is 0 Å². The third-order valence-corrected chi connectivity index (χ3v) is 5.29. The van der Waals surface area contributed by atoms with Crippen LogP contribution in [0.4, 0.5) is 0 Å². The van der Waals surface area contributed by atoms with Gasteiger partial charge in [0.05, 0.1) is 5.41 Å². The largest absolute Gasteiger partial charge is 0.481 e. The van der Waals surface area contributed by atoms with E-state index in [1.54, 1.807) is 0 Å². The molecule has 0 aromatic carbocycles. The highest BCUT2D eigenvalue weighted by molar-refractivity contribution is 5.85. The van der Waals surface area contributed by atoms with Crippen LogP contribution < -0.4 is 5.32 Å². The van der Waals surface area contributed by atoms with Crippen LogP contribution in [0.25, 0.3) is 0 Å². The molecule has 0 heterocycles. The molecule has 2 fully saturated rings. The third kappa shape index (κ3) is 3.53. The van der Waals surface area contributed by atoms with Gasteiger partial charge in [-0.15, -0.1) is 0 Å². The Labute approximate surface area is 121 Å². The smallest absolute Gasteiger partial charge is 0.310 e. The maximum atomic E-state index is 12.1. The van der Waals surface area contributed by atoms with Gasteiger partial charge in [-0.05, 0) is 31.1 Å². The lowest BCUT2D eigenvalue weighted by molar-refractivity contribution is -0.154. The van der Waals surface area contributed by atoms with E-state index in [0.717, 1.165) is 32.1 Å². The molecule has 20 heavy (non-hydrogen) atoms. The van der Waals surface area contributed by atoms with Gasteiger partial charge in [-0.2, -0.15) is 0 Å². The number of rotatable bonds is 5. The Balaban J connectivity index is 1.87. The zero-order chi connectivity index (χ0) is 14.6. The molecule has 2 saturated carbocycles. The molecule has 0 bridgehead atoms. The van der Waals surface area contributed by atoms with E-state index in [4.69, 9.17) is 0 Å². The van der Waals surface area contributed by atoms with Crippen molar-refractivity contribution in [2.45, 2.75) is 71.1 Å². The van der Waals surface area contributed by atoms with Gasteiger partial charge in [-0.3, -0.25) is 9.59 Å². The molecule has 4 nitrogen and oxygen atoms in total. The highest BCUT2D eigenvalue weighted by Crippen LogP contribution is 2.40. The summed E-state index contributed by atoms with van der Waals surface area (Å²) in [6.45, 7) is 2.91. The molecule has 0 spiro atoms. The van der Waals surface area contributed by atoms with Crippen LogP contribution in [0, 0.1) is 10.8 Å². The Kier molecular flexibility index (Phi) is 4.71. The summed E-state index contributed by atoms with van der Waals surface area (Å²) in [6.07, 6.45) is 9.20. The topological polar surface area (TPSA) is 66.4 Å². The molecule has 2 rings (SSSR count). The molecule has 0 radical (unpaired) electrons. The van der Waals surface area contributed by atoms with Crippen LogP contribution in [-0.4, -0.2) is 23.5 Å². The van der Waals surface area contributed by atoms with Gasteiger partial charge in [0.1, 0.15) is 0 Å². The van der Waals surface area contributed by atoms with Crippen LogP contribution in [0.1, 0.15) is 71.1 Å². The maximum absolute atomic E-state index is 12.1. The fourth-order valence-corrected chi connectivity index (χ4v) is 3.78. The van der Waals surface area contributed by atoms with Crippen LogP contribution in [0.2, 0.25) is 0 Å². The standard InChI is InChI=1S/C16H27NO3/c1-15(7-5-6-8-15)12-17-13(18)11-16(14(19)20)9-3-2-4-10-16/h2-12H2,1H3,(H,17,18)(H,19,20). The Morgan fingerprint density at radius 1 is 1.00 bits per heavy atom. The number of nitrogens with one attached hydrogen (secondary N) is 1. The second-order valence-corrected chi connectivity index (χ2v) is 7.12. The summed E-state index contributed by atoms with van der Waals surface area (Å²) in [7, 11) is 0. The maximum Gasteiger partial charge on any atom is 0.310 e. The fourth-order valence-electron chi connectivity index (χ4n) is 3.78. The zero-order valence-electron chi connectivity index (χ0n) is 12.5. The third-order valence-electron chi connectivity index (χ3n) is 5.29. The van der Waals surface area contributed by atoms with Crippen molar-refractivity contribution in [1.82, 2.24) is 5.32 Å². The number of hydrogen-bond acceptors (Lipinski definition) is 2. The van der Waals surface area contributed by atoms with Gasteiger partial charge in [0.15, 0.2) is 0 Å². The normalized spacial score (nSPS) is 24.2. The minimum Gasteiger partial charge on any atom is -0.481 e. The predicted molar refractivity (Wildman–Crippen MR) is 77.4 cm³/mol. The van der Waals surface area contributed by atoms with Gasteiger partial charge in [0, 0.05) is 13.0 Å². The van der Waals surface area contributed by atoms with Crippen molar-refractivity contribution in [3.8, 4) is 0 Å². The average molecular weight is 281 g/mol. The minimum absolute atomic E-state index is 0.0811. The van der Waals surface area contributed by atoms with E-state index in [9.17, 15) is 14.7 Å². The molecule has 0 aromatic rings. The number of hydrogen-bond donors (Lipinski definition) is 2. The molecule has 0 unspecified atom stereocenters. The van der Waals surface area contributed by atoms with E-state index in [1.807, 2.05) is 0 Å². The second kappa shape index (κ2) is 6.15.